The third-order valence-electron chi connectivity index (χ3n) is 3.86. The van der Waals surface area contributed by atoms with Gasteiger partial charge < -0.3 is 10.2 Å². The number of benzene rings is 2. The number of para-hydroxylation sites is 1. The van der Waals surface area contributed by atoms with Crippen LogP contribution in [-0.2, 0) is 19.6 Å². The van der Waals surface area contributed by atoms with Crippen molar-refractivity contribution in [3.8, 4) is 5.75 Å². The number of rotatable bonds is 7. The Labute approximate surface area is 166 Å². The highest BCUT2D eigenvalue weighted by atomic mass is 35.5. The summed E-state index contributed by atoms with van der Waals surface area (Å²) in [6, 6.07) is 13.2. The minimum absolute atomic E-state index is 0.359. The average Bonchev–Trinajstić information content (AvgIpc) is 2.99. The molecule has 136 valence electrons. The number of aryl methyl sites for hydroxylation is 1. The van der Waals surface area contributed by atoms with Crippen LogP contribution in [0.5, 0.6) is 5.75 Å². The Morgan fingerprint density at radius 3 is 2.77 bits per heavy atom. The first-order chi connectivity index (χ1) is 12.6. The van der Waals surface area contributed by atoms with Crippen LogP contribution in [0.3, 0.4) is 0 Å². The van der Waals surface area contributed by atoms with Gasteiger partial charge in [0.05, 0.1) is 6.54 Å². The van der Waals surface area contributed by atoms with Crippen LogP contribution >= 0.6 is 35.4 Å². The molecule has 8 heteroatoms. The van der Waals surface area contributed by atoms with Gasteiger partial charge in [0.1, 0.15) is 12.4 Å². The van der Waals surface area contributed by atoms with Crippen molar-refractivity contribution in [1.29, 1.82) is 0 Å². The van der Waals surface area contributed by atoms with E-state index in [9.17, 15) is 0 Å². The molecule has 0 amide bonds. The van der Waals surface area contributed by atoms with Gasteiger partial charge in [-0.3, -0.25) is 5.10 Å². The summed E-state index contributed by atoms with van der Waals surface area (Å²) in [6.45, 7) is 2.93. The van der Waals surface area contributed by atoms with Crippen LogP contribution in [-0.4, -0.2) is 14.9 Å². The zero-order valence-electron chi connectivity index (χ0n) is 14.1. The van der Waals surface area contributed by atoms with Crippen molar-refractivity contribution in [2.24, 2.45) is 0 Å². The van der Waals surface area contributed by atoms with E-state index < -0.39 is 0 Å². The molecule has 0 unspecified atom stereocenters. The molecule has 0 saturated carbocycles. The molecular weight excluding hydrogens is 391 g/mol. The second-order valence-corrected chi connectivity index (χ2v) is 6.83. The lowest BCUT2D eigenvalue weighted by molar-refractivity contribution is 0.303. The maximum Gasteiger partial charge on any atom is 0.214 e. The smallest absolute Gasteiger partial charge is 0.214 e. The fourth-order valence-electron chi connectivity index (χ4n) is 2.48. The van der Waals surface area contributed by atoms with E-state index >= 15 is 0 Å². The highest BCUT2D eigenvalue weighted by Crippen LogP contribution is 2.24. The van der Waals surface area contributed by atoms with E-state index in [0.29, 0.717) is 28.0 Å². The first-order valence-corrected chi connectivity index (χ1v) is 9.29. The van der Waals surface area contributed by atoms with Gasteiger partial charge in [0, 0.05) is 27.6 Å². The molecule has 0 saturated heterocycles. The summed E-state index contributed by atoms with van der Waals surface area (Å²) < 4.78 is 8.29. The van der Waals surface area contributed by atoms with Gasteiger partial charge in [-0.05, 0) is 30.4 Å². The Morgan fingerprint density at radius 1 is 1.19 bits per heavy atom. The fourth-order valence-corrected chi connectivity index (χ4v) is 3.16. The molecule has 3 rings (SSSR count). The van der Waals surface area contributed by atoms with Crippen LogP contribution < -0.4 is 10.2 Å². The van der Waals surface area contributed by atoms with Crippen LogP contribution in [0.2, 0.25) is 10.0 Å². The number of aromatic amines is 1. The van der Waals surface area contributed by atoms with Gasteiger partial charge in [0.15, 0.2) is 5.82 Å². The number of hydrogen-bond acceptors (Lipinski definition) is 4. The minimum Gasteiger partial charge on any atom is -0.488 e. The lowest BCUT2D eigenvalue weighted by Gasteiger charge is -2.14. The standard InChI is InChI=1S/C18H18Cl2N4OS/c1-2-17-22-23-18(26)24(17)21-10-12-5-3-4-6-16(12)25-11-13-7-8-14(19)9-15(13)20/h3-9,21H,2,10-11H2,1H3,(H,23,26). The first-order valence-electron chi connectivity index (χ1n) is 8.13. The number of nitrogens with zero attached hydrogens (tertiary/aromatic N) is 2. The second kappa shape index (κ2) is 8.58. The zero-order valence-corrected chi connectivity index (χ0v) is 16.5. The fraction of sp³-hybridized carbons (Fsp3) is 0.222. The summed E-state index contributed by atoms with van der Waals surface area (Å²) in [5.74, 6) is 1.63. The van der Waals surface area contributed by atoms with Crippen molar-refractivity contribution in [1.82, 2.24) is 14.9 Å². The van der Waals surface area contributed by atoms with Gasteiger partial charge >= 0.3 is 0 Å². The van der Waals surface area contributed by atoms with Crippen molar-refractivity contribution in [3.63, 3.8) is 0 Å². The van der Waals surface area contributed by atoms with E-state index in [2.05, 4.69) is 15.6 Å². The Balaban J connectivity index is 1.72. The number of H-pyrrole nitrogens is 1. The van der Waals surface area contributed by atoms with Crippen LogP contribution in [0.4, 0.5) is 0 Å². The first kappa shape index (κ1) is 18.8. The molecule has 2 aromatic carbocycles. The summed E-state index contributed by atoms with van der Waals surface area (Å²) in [5, 5.41) is 8.17. The lowest BCUT2D eigenvalue weighted by atomic mass is 10.2. The Hall–Kier alpha value is -2.02. The lowest BCUT2D eigenvalue weighted by Crippen LogP contribution is -2.17. The minimum atomic E-state index is 0.359. The summed E-state index contributed by atoms with van der Waals surface area (Å²) >= 11 is 17.4. The van der Waals surface area contributed by atoms with Crippen molar-refractivity contribution in [2.45, 2.75) is 26.5 Å². The maximum absolute atomic E-state index is 6.21. The van der Waals surface area contributed by atoms with E-state index in [1.54, 1.807) is 16.8 Å². The molecule has 5 nitrogen and oxygen atoms in total. The van der Waals surface area contributed by atoms with E-state index in [-0.39, 0.29) is 0 Å². The molecule has 0 atom stereocenters. The molecule has 26 heavy (non-hydrogen) atoms. The summed E-state index contributed by atoms with van der Waals surface area (Å²) in [7, 11) is 0. The Morgan fingerprint density at radius 2 is 2.00 bits per heavy atom. The molecule has 0 radical (unpaired) electrons. The monoisotopic (exact) mass is 408 g/mol. The Kier molecular flexibility index (Phi) is 6.19. The maximum atomic E-state index is 6.21. The van der Waals surface area contributed by atoms with E-state index in [0.717, 1.165) is 29.1 Å². The largest absolute Gasteiger partial charge is 0.488 e. The van der Waals surface area contributed by atoms with Crippen LogP contribution in [0, 0.1) is 4.77 Å². The molecule has 0 bridgehead atoms. The van der Waals surface area contributed by atoms with Crippen LogP contribution in [0.25, 0.3) is 0 Å². The number of nitrogens with one attached hydrogen (secondary N) is 2. The van der Waals surface area contributed by atoms with Gasteiger partial charge in [-0.1, -0.05) is 54.4 Å². The highest BCUT2D eigenvalue weighted by Gasteiger charge is 2.08. The van der Waals surface area contributed by atoms with E-state index in [1.807, 2.05) is 37.3 Å². The topological polar surface area (TPSA) is 54.9 Å². The van der Waals surface area contributed by atoms with Crippen molar-refractivity contribution < 1.29 is 4.74 Å². The average molecular weight is 409 g/mol. The summed E-state index contributed by atoms with van der Waals surface area (Å²) in [5.41, 5.74) is 5.16. The van der Waals surface area contributed by atoms with Gasteiger partial charge in [0.25, 0.3) is 0 Å². The van der Waals surface area contributed by atoms with Crippen molar-refractivity contribution >= 4 is 35.4 Å². The predicted molar refractivity (Wildman–Crippen MR) is 107 cm³/mol. The van der Waals surface area contributed by atoms with Crippen molar-refractivity contribution in [2.75, 3.05) is 5.43 Å². The van der Waals surface area contributed by atoms with Gasteiger partial charge in [-0.25, -0.2) is 4.68 Å². The summed E-state index contributed by atoms with van der Waals surface area (Å²) in [4.78, 5) is 0. The van der Waals surface area contributed by atoms with Crippen LogP contribution in [0.15, 0.2) is 42.5 Å². The van der Waals surface area contributed by atoms with Gasteiger partial charge in [0.2, 0.25) is 4.77 Å². The molecule has 0 fully saturated rings. The van der Waals surface area contributed by atoms with E-state index in [1.165, 1.54) is 0 Å². The molecule has 3 aromatic rings. The molecule has 0 aliphatic rings. The molecule has 1 aromatic heterocycles. The molecule has 1 heterocycles. The van der Waals surface area contributed by atoms with Gasteiger partial charge in [-0.15, -0.1) is 0 Å². The van der Waals surface area contributed by atoms with Gasteiger partial charge in [-0.2, -0.15) is 5.10 Å². The molecule has 0 aliphatic heterocycles. The number of hydrogen-bond donors (Lipinski definition) is 2. The summed E-state index contributed by atoms with van der Waals surface area (Å²) in [6.07, 6.45) is 0.771. The van der Waals surface area contributed by atoms with Crippen LogP contribution in [0.1, 0.15) is 23.9 Å². The predicted octanol–water partition coefficient (Wildman–Crippen LogP) is 5.13. The number of halogens is 2. The number of aromatic nitrogens is 3. The highest BCUT2D eigenvalue weighted by molar-refractivity contribution is 7.71. The molecular formula is C18H18Cl2N4OS. The van der Waals surface area contributed by atoms with Crippen molar-refractivity contribution in [3.05, 3.63) is 74.2 Å². The second-order valence-electron chi connectivity index (χ2n) is 5.60. The third-order valence-corrected chi connectivity index (χ3v) is 4.72. The number of ether oxygens (including phenoxy) is 1. The Bertz CT molecular complexity index is 954. The molecule has 2 N–H and O–H groups in total. The zero-order chi connectivity index (χ0) is 18.5. The normalized spacial score (nSPS) is 10.7. The van der Waals surface area contributed by atoms with E-state index in [4.69, 9.17) is 40.2 Å². The molecule has 0 aliphatic carbocycles. The molecule has 0 spiro atoms. The SMILES string of the molecule is CCc1n[nH]c(=S)n1NCc1ccccc1OCc1ccc(Cl)cc1Cl. The third kappa shape index (κ3) is 4.38. The quantitative estimate of drug-likeness (QED) is 0.531.